The Labute approximate surface area is 119 Å². The van der Waals surface area contributed by atoms with Crippen LogP contribution in [0.4, 0.5) is 11.4 Å². The number of benzene rings is 1. The van der Waals surface area contributed by atoms with E-state index in [4.69, 9.17) is 15.2 Å². The summed E-state index contributed by atoms with van der Waals surface area (Å²) < 4.78 is 10.3. The lowest BCUT2D eigenvalue weighted by atomic mass is 10.1. The van der Waals surface area contributed by atoms with Crippen LogP contribution in [0.25, 0.3) is 0 Å². The highest BCUT2D eigenvalue weighted by Crippen LogP contribution is 2.29. The van der Waals surface area contributed by atoms with E-state index in [2.05, 4.69) is 0 Å². The lowest BCUT2D eigenvalue weighted by molar-refractivity contribution is 0.0601. The number of nitrogens with zero attached hydrogens (tertiary/aromatic N) is 1. The topological polar surface area (TPSA) is 64.8 Å². The zero-order valence-electron chi connectivity index (χ0n) is 12.1. The number of ether oxygens (including phenoxy) is 2. The second kappa shape index (κ2) is 6.61. The maximum atomic E-state index is 11.5. The summed E-state index contributed by atoms with van der Waals surface area (Å²) in [6, 6.07) is 5.15. The average Bonchev–Trinajstić information content (AvgIpc) is 3.27. The fourth-order valence-corrected chi connectivity index (χ4v) is 1.98. The minimum atomic E-state index is -0.357. The van der Waals surface area contributed by atoms with E-state index >= 15 is 0 Å². The second-order valence-electron chi connectivity index (χ2n) is 5.21. The molecule has 0 atom stereocenters. The molecular weight excluding hydrogens is 256 g/mol. The van der Waals surface area contributed by atoms with Crippen molar-refractivity contribution >= 4 is 17.3 Å². The van der Waals surface area contributed by atoms with E-state index in [-0.39, 0.29) is 5.97 Å². The molecule has 1 aliphatic carbocycles. The van der Waals surface area contributed by atoms with Gasteiger partial charge in [-0.2, -0.15) is 0 Å². The van der Waals surface area contributed by atoms with Crippen molar-refractivity contribution < 1.29 is 14.3 Å². The van der Waals surface area contributed by atoms with Gasteiger partial charge in [0.1, 0.15) is 0 Å². The van der Waals surface area contributed by atoms with Gasteiger partial charge < -0.3 is 20.1 Å². The van der Waals surface area contributed by atoms with E-state index in [1.165, 1.54) is 20.0 Å². The van der Waals surface area contributed by atoms with Gasteiger partial charge in [0.15, 0.2) is 0 Å². The summed E-state index contributed by atoms with van der Waals surface area (Å²) in [5, 5.41) is 0. The number of rotatable bonds is 7. The van der Waals surface area contributed by atoms with Gasteiger partial charge in [0, 0.05) is 20.2 Å². The van der Waals surface area contributed by atoms with Crippen LogP contribution in [-0.4, -0.2) is 39.9 Å². The van der Waals surface area contributed by atoms with Gasteiger partial charge in [-0.05, 0) is 37.0 Å². The van der Waals surface area contributed by atoms with Crippen molar-refractivity contribution in [3.8, 4) is 0 Å². The number of hydrogen-bond acceptors (Lipinski definition) is 5. The SMILES string of the molecule is COC(=O)c1ccc(N)c(N(C)CCOCC2CC2)c1. The molecule has 0 spiro atoms. The second-order valence-corrected chi connectivity index (χ2v) is 5.21. The van der Waals surface area contributed by atoms with Gasteiger partial charge >= 0.3 is 5.97 Å². The number of carbonyl (C=O) groups is 1. The average molecular weight is 278 g/mol. The number of methoxy groups -OCH3 is 1. The molecule has 0 unspecified atom stereocenters. The number of esters is 1. The molecule has 0 bridgehead atoms. The Morgan fingerprint density at radius 2 is 2.20 bits per heavy atom. The van der Waals surface area contributed by atoms with E-state index in [1.54, 1.807) is 18.2 Å². The quantitative estimate of drug-likeness (QED) is 0.469. The van der Waals surface area contributed by atoms with Crippen LogP contribution in [0.2, 0.25) is 0 Å². The Morgan fingerprint density at radius 3 is 2.85 bits per heavy atom. The first-order valence-corrected chi connectivity index (χ1v) is 6.88. The van der Waals surface area contributed by atoms with Gasteiger partial charge in [0.05, 0.1) is 30.7 Å². The monoisotopic (exact) mass is 278 g/mol. The van der Waals surface area contributed by atoms with Crippen LogP contribution in [0.1, 0.15) is 23.2 Å². The molecular formula is C15H22N2O3. The Balaban J connectivity index is 1.92. The molecule has 1 aromatic carbocycles. The van der Waals surface area contributed by atoms with Crippen molar-refractivity contribution in [3.63, 3.8) is 0 Å². The van der Waals surface area contributed by atoms with Crippen LogP contribution >= 0.6 is 0 Å². The molecule has 20 heavy (non-hydrogen) atoms. The first-order chi connectivity index (χ1) is 9.61. The maximum Gasteiger partial charge on any atom is 0.337 e. The normalized spacial score (nSPS) is 14.1. The van der Waals surface area contributed by atoms with Crippen molar-refractivity contribution in [2.45, 2.75) is 12.8 Å². The molecule has 1 aliphatic rings. The molecule has 5 heteroatoms. The fraction of sp³-hybridized carbons (Fsp3) is 0.533. The number of hydrogen-bond donors (Lipinski definition) is 1. The van der Waals surface area contributed by atoms with Gasteiger partial charge in [-0.1, -0.05) is 0 Å². The third-order valence-corrected chi connectivity index (χ3v) is 3.48. The molecule has 1 aromatic rings. The number of carbonyl (C=O) groups excluding carboxylic acids is 1. The summed E-state index contributed by atoms with van der Waals surface area (Å²) in [5.41, 5.74) is 7.93. The third-order valence-electron chi connectivity index (χ3n) is 3.48. The first kappa shape index (κ1) is 14.7. The van der Waals surface area contributed by atoms with Crippen LogP contribution in [0.3, 0.4) is 0 Å². The Morgan fingerprint density at radius 1 is 1.45 bits per heavy atom. The minimum absolute atomic E-state index is 0.357. The van der Waals surface area contributed by atoms with Gasteiger partial charge in [-0.15, -0.1) is 0 Å². The van der Waals surface area contributed by atoms with Crippen LogP contribution in [0, 0.1) is 5.92 Å². The maximum absolute atomic E-state index is 11.5. The third kappa shape index (κ3) is 3.87. The van der Waals surface area contributed by atoms with Gasteiger partial charge in [0.2, 0.25) is 0 Å². The molecule has 0 aromatic heterocycles. The van der Waals surface area contributed by atoms with Crippen LogP contribution in [0.15, 0.2) is 18.2 Å². The van der Waals surface area contributed by atoms with Crippen LogP contribution < -0.4 is 10.6 Å². The molecule has 0 amide bonds. The lowest BCUT2D eigenvalue weighted by Crippen LogP contribution is -2.24. The fourth-order valence-electron chi connectivity index (χ4n) is 1.98. The van der Waals surface area contributed by atoms with E-state index in [1.807, 2.05) is 11.9 Å². The highest BCUT2D eigenvalue weighted by atomic mass is 16.5. The number of likely N-dealkylation sites (N-methyl/N-ethyl adjacent to an activating group) is 1. The minimum Gasteiger partial charge on any atom is -0.465 e. The molecule has 0 heterocycles. The molecule has 0 radical (unpaired) electrons. The summed E-state index contributed by atoms with van der Waals surface area (Å²) in [6.07, 6.45) is 2.59. The summed E-state index contributed by atoms with van der Waals surface area (Å²) in [4.78, 5) is 13.5. The van der Waals surface area contributed by atoms with Crippen molar-refractivity contribution in [2.75, 3.05) is 44.5 Å². The number of nitrogens with two attached hydrogens (primary N) is 1. The lowest BCUT2D eigenvalue weighted by Gasteiger charge is -2.21. The highest BCUT2D eigenvalue weighted by Gasteiger charge is 2.21. The van der Waals surface area contributed by atoms with E-state index < -0.39 is 0 Å². The predicted molar refractivity (Wildman–Crippen MR) is 79.0 cm³/mol. The number of anilines is 2. The Kier molecular flexibility index (Phi) is 4.84. The zero-order chi connectivity index (χ0) is 14.5. The molecule has 0 saturated heterocycles. The zero-order valence-corrected chi connectivity index (χ0v) is 12.1. The van der Waals surface area contributed by atoms with Crippen molar-refractivity contribution in [1.82, 2.24) is 0 Å². The molecule has 1 saturated carbocycles. The van der Waals surface area contributed by atoms with Gasteiger partial charge in [0.25, 0.3) is 0 Å². The molecule has 2 rings (SSSR count). The Bertz CT molecular complexity index is 472. The summed E-state index contributed by atoms with van der Waals surface area (Å²) in [7, 11) is 3.31. The molecule has 5 nitrogen and oxygen atoms in total. The van der Waals surface area contributed by atoms with Crippen LogP contribution in [0.5, 0.6) is 0 Å². The molecule has 2 N–H and O–H groups in total. The van der Waals surface area contributed by atoms with Crippen molar-refractivity contribution in [3.05, 3.63) is 23.8 Å². The van der Waals surface area contributed by atoms with E-state index in [0.717, 1.165) is 24.8 Å². The van der Waals surface area contributed by atoms with Crippen molar-refractivity contribution in [1.29, 1.82) is 0 Å². The van der Waals surface area contributed by atoms with E-state index in [0.29, 0.717) is 17.9 Å². The van der Waals surface area contributed by atoms with Gasteiger partial charge in [-0.3, -0.25) is 0 Å². The number of nitrogen functional groups attached to an aromatic ring is 1. The summed E-state index contributed by atoms with van der Waals surface area (Å²) >= 11 is 0. The van der Waals surface area contributed by atoms with Crippen LogP contribution in [-0.2, 0) is 9.47 Å². The first-order valence-electron chi connectivity index (χ1n) is 6.88. The molecule has 1 fully saturated rings. The largest absolute Gasteiger partial charge is 0.465 e. The highest BCUT2D eigenvalue weighted by molar-refractivity contribution is 5.92. The summed E-state index contributed by atoms with van der Waals surface area (Å²) in [5.74, 6) is 0.415. The predicted octanol–water partition coefficient (Wildman–Crippen LogP) is 1.92. The van der Waals surface area contributed by atoms with Gasteiger partial charge in [-0.25, -0.2) is 4.79 Å². The Hall–Kier alpha value is -1.75. The smallest absolute Gasteiger partial charge is 0.337 e. The van der Waals surface area contributed by atoms with Crippen molar-refractivity contribution in [2.24, 2.45) is 5.92 Å². The molecule has 0 aliphatic heterocycles. The van der Waals surface area contributed by atoms with E-state index in [9.17, 15) is 4.79 Å². The standard InChI is InChI=1S/C15H22N2O3/c1-17(7-8-20-10-11-3-4-11)14-9-12(15(18)19-2)5-6-13(14)16/h5-6,9,11H,3-4,7-8,10,16H2,1-2H3. The summed E-state index contributed by atoms with van der Waals surface area (Å²) in [6.45, 7) is 2.25. The molecule has 110 valence electrons.